The van der Waals surface area contributed by atoms with Gasteiger partial charge >= 0.3 is 6.16 Å². The first-order chi connectivity index (χ1) is 13.8. The van der Waals surface area contributed by atoms with Crippen LogP contribution in [0.15, 0.2) is 54.6 Å². The quantitative estimate of drug-likeness (QED) is 0.757. The van der Waals surface area contributed by atoms with Crippen LogP contribution >= 0.6 is 0 Å². The molecule has 1 aliphatic heterocycles. The fourth-order valence-corrected chi connectivity index (χ4v) is 3.30. The van der Waals surface area contributed by atoms with Crippen molar-refractivity contribution in [2.45, 2.75) is 51.4 Å². The second-order valence-electron chi connectivity index (χ2n) is 8.25. The van der Waals surface area contributed by atoms with Gasteiger partial charge in [-0.2, -0.15) is 0 Å². The molecule has 0 bridgehead atoms. The number of benzene rings is 2. The summed E-state index contributed by atoms with van der Waals surface area (Å²) in [6, 6.07) is 17.8. The van der Waals surface area contributed by atoms with E-state index in [9.17, 15) is 9.90 Å². The Morgan fingerprint density at radius 3 is 2.41 bits per heavy atom. The Hall–Kier alpha value is -2.57. The average molecular weight is 399 g/mol. The SMILES string of the molecule is CC(C)(C)OC(=O)ON1CCC(c2ccc(OCc3ccccc3)cc2)C(O)C1. The van der Waals surface area contributed by atoms with Crippen molar-refractivity contribution < 1.29 is 24.2 Å². The summed E-state index contributed by atoms with van der Waals surface area (Å²) in [5, 5.41) is 12.0. The van der Waals surface area contributed by atoms with Gasteiger partial charge in [-0.05, 0) is 50.5 Å². The van der Waals surface area contributed by atoms with E-state index in [1.807, 2.05) is 54.6 Å². The summed E-state index contributed by atoms with van der Waals surface area (Å²) in [6.07, 6.45) is -0.709. The van der Waals surface area contributed by atoms with E-state index in [4.69, 9.17) is 14.3 Å². The predicted molar refractivity (Wildman–Crippen MR) is 109 cm³/mol. The number of hydroxylamine groups is 2. The van der Waals surface area contributed by atoms with Gasteiger partial charge < -0.3 is 19.4 Å². The number of rotatable bonds is 5. The number of hydrogen-bond acceptors (Lipinski definition) is 6. The van der Waals surface area contributed by atoms with E-state index in [1.165, 1.54) is 5.06 Å². The summed E-state index contributed by atoms with van der Waals surface area (Å²) in [4.78, 5) is 17.0. The average Bonchev–Trinajstić information content (AvgIpc) is 2.66. The highest BCUT2D eigenvalue weighted by atomic mass is 16.8. The molecule has 3 rings (SSSR count). The molecule has 6 heteroatoms. The van der Waals surface area contributed by atoms with Crippen LogP contribution in [-0.2, 0) is 16.2 Å². The van der Waals surface area contributed by atoms with Gasteiger partial charge in [-0.1, -0.05) is 42.5 Å². The number of β-amino-alcohol motifs (C(OH)–C–C–N with tert-alkyl or cyclic N) is 1. The van der Waals surface area contributed by atoms with Crippen molar-refractivity contribution in [2.75, 3.05) is 13.1 Å². The Balaban J connectivity index is 1.50. The Labute approximate surface area is 172 Å². The molecule has 2 unspecified atom stereocenters. The van der Waals surface area contributed by atoms with Crippen LogP contribution in [-0.4, -0.2) is 41.1 Å². The van der Waals surface area contributed by atoms with Gasteiger partial charge in [0.1, 0.15) is 18.0 Å². The van der Waals surface area contributed by atoms with Crippen molar-refractivity contribution in [1.82, 2.24) is 5.06 Å². The highest BCUT2D eigenvalue weighted by molar-refractivity contribution is 5.60. The molecule has 2 aromatic carbocycles. The minimum atomic E-state index is -0.747. The Morgan fingerprint density at radius 2 is 1.79 bits per heavy atom. The number of ether oxygens (including phenoxy) is 2. The molecule has 0 saturated carbocycles. The van der Waals surface area contributed by atoms with Crippen LogP contribution in [0.5, 0.6) is 5.75 Å². The summed E-state index contributed by atoms with van der Waals surface area (Å²) in [5.74, 6) is 0.773. The van der Waals surface area contributed by atoms with Gasteiger partial charge in [0.15, 0.2) is 0 Å². The minimum absolute atomic E-state index is 0.0170. The van der Waals surface area contributed by atoms with E-state index in [0.717, 1.165) is 16.9 Å². The number of aliphatic hydroxyl groups excluding tert-OH is 1. The zero-order chi connectivity index (χ0) is 20.9. The number of nitrogens with zero attached hydrogens (tertiary/aromatic N) is 1. The maximum atomic E-state index is 11.8. The maximum Gasteiger partial charge on any atom is 0.528 e. The Kier molecular flexibility index (Phi) is 6.77. The van der Waals surface area contributed by atoms with Gasteiger partial charge in [0.25, 0.3) is 0 Å². The third-order valence-corrected chi connectivity index (χ3v) is 4.69. The lowest BCUT2D eigenvalue weighted by Gasteiger charge is -2.34. The molecule has 0 radical (unpaired) electrons. The molecule has 156 valence electrons. The molecule has 1 aliphatic rings. The second-order valence-corrected chi connectivity index (χ2v) is 8.25. The summed E-state index contributed by atoms with van der Waals surface area (Å²) >= 11 is 0. The normalized spacial score (nSPS) is 20.1. The summed E-state index contributed by atoms with van der Waals surface area (Å²) in [6.45, 7) is 6.64. The monoisotopic (exact) mass is 399 g/mol. The van der Waals surface area contributed by atoms with Crippen molar-refractivity contribution >= 4 is 6.16 Å². The molecule has 0 aromatic heterocycles. The van der Waals surface area contributed by atoms with Crippen LogP contribution < -0.4 is 4.74 Å². The van der Waals surface area contributed by atoms with Gasteiger partial charge in [-0.25, -0.2) is 4.79 Å². The maximum absolute atomic E-state index is 11.8. The molecule has 1 heterocycles. The molecule has 1 fully saturated rings. The molecule has 0 spiro atoms. The summed E-state index contributed by atoms with van der Waals surface area (Å²) in [5.41, 5.74) is 1.55. The summed E-state index contributed by atoms with van der Waals surface area (Å²) in [7, 11) is 0. The number of aliphatic hydroxyl groups is 1. The minimum Gasteiger partial charge on any atom is -0.489 e. The largest absolute Gasteiger partial charge is 0.528 e. The molecule has 1 saturated heterocycles. The highest BCUT2D eigenvalue weighted by Crippen LogP contribution is 2.30. The zero-order valence-electron chi connectivity index (χ0n) is 17.2. The number of carbonyl (C=O) groups excluding carboxylic acids is 1. The summed E-state index contributed by atoms with van der Waals surface area (Å²) < 4.78 is 11.0. The Morgan fingerprint density at radius 1 is 1.10 bits per heavy atom. The van der Waals surface area contributed by atoms with Gasteiger partial charge in [0.2, 0.25) is 0 Å². The number of carbonyl (C=O) groups is 1. The van der Waals surface area contributed by atoms with Crippen molar-refractivity contribution in [3.63, 3.8) is 0 Å². The van der Waals surface area contributed by atoms with Crippen LogP contribution in [0.25, 0.3) is 0 Å². The lowest BCUT2D eigenvalue weighted by molar-refractivity contribution is -0.170. The molecule has 2 atom stereocenters. The van der Waals surface area contributed by atoms with Crippen LogP contribution in [0, 0.1) is 0 Å². The molecular weight excluding hydrogens is 370 g/mol. The fraction of sp³-hybridized carbons (Fsp3) is 0.435. The van der Waals surface area contributed by atoms with Crippen LogP contribution in [0.2, 0.25) is 0 Å². The smallest absolute Gasteiger partial charge is 0.489 e. The lowest BCUT2D eigenvalue weighted by Crippen LogP contribution is -2.44. The third-order valence-electron chi connectivity index (χ3n) is 4.69. The first kappa shape index (κ1) is 21.1. The molecular formula is C23H29NO5. The standard InChI is InChI=1S/C23H29NO5/c1-23(2,3)28-22(26)29-24-14-13-20(21(25)15-24)18-9-11-19(12-10-18)27-16-17-7-5-4-6-8-17/h4-12,20-21,25H,13-16H2,1-3H3. The first-order valence-electron chi connectivity index (χ1n) is 9.91. The number of piperidine rings is 1. The first-order valence-corrected chi connectivity index (χ1v) is 9.91. The van der Waals surface area contributed by atoms with E-state index in [-0.39, 0.29) is 12.5 Å². The van der Waals surface area contributed by atoms with Crippen LogP contribution in [0.4, 0.5) is 4.79 Å². The Bertz CT molecular complexity index is 785. The van der Waals surface area contributed by atoms with Gasteiger partial charge in [0.05, 0.1) is 12.6 Å². The van der Waals surface area contributed by atoms with E-state index in [0.29, 0.717) is 19.6 Å². The lowest BCUT2D eigenvalue weighted by atomic mass is 9.88. The second kappa shape index (κ2) is 9.29. The molecule has 1 N–H and O–H groups in total. The predicted octanol–water partition coefficient (Wildman–Crippen LogP) is 4.28. The molecule has 0 amide bonds. The van der Waals surface area contributed by atoms with Crippen LogP contribution in [0.1, 0.15) is 44.2 Å². The topological polar surface area (TPSA) is 68.2 Å². The van der Waals surface area contributed by atoms with Crippen molar-refractivity contribution in [1.29, 1.82) is 0 Å². The van der Waals surface area contributed by atoms with E-state index < -0.39 is 17.9 Å². The molecule has 2 aromatic rings. The fourth-order valence-electron chi connectivity index (χ4n) is 3.30. The molecule has 29 heavy (non-hydrogen) atoms. The van der Waals surface area contributed by atoms with Crippen molar-refractivity contribution in [3.05, 3.63) is 65.7 Å². The molecule has 0 aliphatic carbocycles. The van der Waals surface area contributed by atoms with Gasteiger partial charge in [-0.3, -0.25) is 0 Å². The van der Waals surface area contributed by atoms with Crippen molar-refractivity contribution in [3.8, 4) is 5.75 Å². The van der Waals surface area contributed by atoms with Gasteiger partial charge in [0, 0.05) is 12.5 Å². The third kappa shape index (κ3) is 6.48. The van der Waals surface area contributed by atoms with Crippen molar-refractivity contribution in [2.24, 2.45) is 0 Å². The van der Waals surface area contributed by atoms with Crippen LogP contribution in [0.3, 0.4) is 0 Å². The molecule has 6 nitrogen and oxygen atoms in total. The van der Waals surface area contributed by atoms with Gasteiger partial charge in [-0.15, -0.1) is 5.06 Å². The zero-order valence-corrected chi connectivity index (χ0v) is 17.2. The number of hydrogen-bond donors (Lipinski definition) is 1. The highest BCUT2D eigenvalue weighted by Gasteiger charge is 2.32. The van der Waals surface area contributed by atoms with E-state index in [1.54, 1.807) is 20.8 Å². The van der Waals surface area contributed by atoms with E-state index in [2.05, 4.69) is 0 Å². The van der Waals surface area contributed by atoms with E-state index >= 15 is 0 Å².